The quantitative estimate of drug-likeness (QED) is 0.860. The summed E-state index contributed by atoms with van der Waals surface area (Å²) in [6, 6.07) is 7.82. The maximum absolute atomic E-state index is 5.68. The molecule has 1 aromatic carbocycles. The first-order valence-corrected chi connectivity index (χ1v) is 5.96. The van der Waals surface area contributed by atoms with E-state index in [2.05, 4.69) is 32.4 Å². The molecule has 0 atom stereocenters. The van der Waals surface area contributed by atoms with Gasteiger partial charge in [0.15, 0.2) is 0 Å². The fourth-order valence-corrected chi connectivity index (χ4v) is 1.85. The molecular formula is C12H13BrN2O. The predicted molar refractivity (Wildman–Crippen MR) is 66.4 cm³/mol. The monoisotopic (exact) mass is 280 g/mol. The van der Waals surface area contributed by atoms with Crippen LogP contribution in [0.15, 0.2) is 41.3 Å². The number of aryl methyl sites for hydroxylation is 1. The van der Waals surface area contributed by atoms with Gasteiger partial charge in [0.05, 0.1) is 18.2 Å². The highest BCUT2D eigenvalue weighted by Gasteiger charge is 2.01. The molecule has 0 aliphatic rings. The summed E-state index contributed by atoms with van der Waals surface area (Å²) in [5.74, 6) is 0.859. The van der Waals surface area contributed by atoms with Crippen molar-refractivity contribution in [3.05, 3.63) is 47.0 Å². The largest absolute Gasteiger partial charge is 0.487 e. The molecule has 0 N–H and O–H groups in total. The summed E-state index contributed by atoms with van der Waals surface area (Å²) in [4.78, 5) is 4.10. The molecule has 0 aliphatic carbocycles. The molecule has 0 radical (unpaired) electrons. The van der Waals surface area contributed by atoms with Gasteiger partial charge in [0, 0.05) is 11.0 Å². The highest BCUT2D eigenvalue weighted by molar-refractivity contribution is 9.10. The van der Waals surface area contributed by atoms with Crippen LogP contribution in [-0.4, -0.2) is 9.55 Å². The minimum absolute atomic E-state index is 0.546. The number of imidazole rings is 1. The van der Waals surface area contributed by atoms with E-state index in [0.29, 0.717) is 6.61 Å². The molecule has 0 bridgehead atoms. The second-order valence-electron chi connectivity index (χ2n) is 3.42. The molecule has 1 aromatic heterocycles. The molecule has 0 fully saturated rings. The lowest BCUT2D eigenvalue weighted by molar-refractivity contribution is 0.295. The van der Waals surface area contributed by atoms with E-state index in [1.54, 1.807) is 0 Å². The number of hydrogen-bond donors (Lipinski definition) is 0. The number of rotatable bonds is 4. The maximum atomic E-state index is 5.68. The molecule has 0 aliphatic heterocycles. The molecule has 1 heterocycles. The molecule has 0 saturated heterocycles. The zero-order valence-electron chi connectivity index (χ0n) is 9.06. The van der Waals surface area contributed by atoms with Crippen molar-refractivity contribution in [2.24, 2.45) is 0 Å². The van der Waals surface area contributed by atoms with Gasteiger partial charge in [0.1, 0.15) is 12.4 Å². The summed E-state index contributed by atoms with van der Waals surface area (Å²) < 4.78 is 8.77. The smallest absolute Gasteiger partial charge is 0.130 e. The molecule has 4 heteroatoms. The SMILES string of the molecule is CCn1cncc1COc1cccc(Br)c1. The highest BCUT2D eigenvalue weighted by atomic mass is 79.9. The lowest BCUT2D eigenvalue weighted by Gasteiger charge is -2.08. The Morgan fingerprint density at radius 2 is 2.31 bits per heavy atom. The van der Waals surface area contributed by atoms with E-state index in [1.165, 1.54) is 0 Å². The van der Waals surface area contributed by atoms with Gasteiger partial charge in [0.25, 0.3) is 0 Å². The average molecular weight is 281 g/mol. The number of aromatic nitrogens is 2. The van der Waals surface area contributed by atoms with Crippen molar-refractivity contribution in [1.82, 2.24) is 9.55 Å². The second-order valence-corrected chi connectivity index (χ2v) is 4.33. The minimum Gasteiger partial charge on any atom is -0.487 e. The summed E-state index contributed by atoms with van der Waals surface area (Å²) in [5.41, 5.74) is 1.09. The van der Waals surface area contributed by atoms with Crippen molar-refractivity contribution >= 4 is 15.9 Å². The van der Waals surface area contributed by atoms with E-state index in [1.807, 2.05) is 36.8 Å². The summed E-state index contributed by atoms with van der Waals surface area (Å²) in [5, 5.41) is 0. The standard InChI is InChI=1S/C12H13BrN2O/c1-2-15-9-14-7-11(15)8-16-12-5-3-4-10(13)6-12/h3-7,9H,2,8H2,1H3. The summed E-state index contributed by atoms with van der Waals surface area (Å²) in [6.45, 7) is 3.55. The Kier molecular flexibility index (Phi) is 3.62. The average Bonchev–Trinajstić information content (AvgIpc) is 2.74. The third-order valence-electron chi connectivity index (χ3n) is 2.32. The van der Waals surface area contributed by atoms with Gasteiger partial charge in [-0.05, 0) is 25.1 Å². The first kappa shape index (κ1) is 11.2. The van der Waals surface area contributed by atoms with E-state index >= 15 is 0 Å². The molecule has 0 amide bonds. The second kappa shape index (κ2) is 5.16. The fraction of sp³-hybridized carbons (Fsp3) is 0.250. The first-order chi connectivity index (χ1) is 7.79. The maximum Gasteiger partial charge on any atom is 0.130 e. The van der Waals surface area contributed by atoms with E-state index in [9.17, 15) is 0 Å². The Labute approximate surface area is 103 Å². The van der Waals surface area contributed by atoms with Crippen LogP contribution >= 0.6 is 15.9 Å². The number of ether oxygens (including phenoxy) is 1. The molecule has 2 rings (SSSR count). The van der Waals surface area contributed by atoms with E-state index in [-0.39, 0.29) is 0 Å². The first-order valence-electron chi connectivity index (χ1n) is 5.17. The van der Waals surface area contributed by atoms with Crippen molar-refractivity contribution in [2.45, 2.75) is 20.1 Å². The highest BCUT2D eigenvalue weighted by Crippen LogP contribution is 2.18. The van der Waals surface area contributed by atoms with Gasteiger partial charge in [-0.25, -0.2) is 4.98 Å². The molecule has 2 aromatic rings. The molecule has 0 saturated carbocycles. The van der Waals surface area contributed by atoms with E-state index in [0.717, 1.165) is 22.5 Å². The Morgan fingerprint density at radius 1 is 1.44 bits per heavy atom. The Bertz CT molecular complexity index is 468. The zero-order valence-corrected chi connectivity index (χ0v) is 10.6. The van der Waals surface area contributed by atoms with Gasteiger partial charge in [-0.15, -0.1) is 0 Å². The third kappa shape index (κ3) is 2.64. The summed E-state index contributed by atoms with van der Waals surface area (Å²) in [7, 11) is 0. The number of benzene rings is 1. The van der Waals surface area contributed by atoms with Crippen LogP contribution in [0.3, 0.4) is 0 Å². The van der Waals surface area contributed by atoms with Crippen LogP contribution in [0.4, 0.5) is 0 Å². The van der Waals surface area contributed by atoms with Crippen LogP contribution in [0.2, 0.25) is 0 Å². The van der Waals surface area contributed by atoms with Gasteiger partial charge >= 0.3 is 0 Å². The number of hydrogen-bond acceptors (Lipinski definition) is 2. The van der Waals surface area contributed by atoms with Gasteiger partial charge in [-0.2, -0.15) is 0 Å². The van der Waals surface area contributed by atoms with Gasteiger partial charge in [0.2, 0.25) is 0 Å². The van der Waals surface area contributed by atoms with Crippen molar-refractivity contribution in [3.8, 4) is 5.75 Å². The van der Waals surface area contributed by atoms with Crippen LogP contribution in [0.25, 0.3) is 0 Å². The number of nitrogens with zero attached hydrogens (tertiary/aromatic N) is 2. The van der Waals surface area contributed by atoms with Crippen LogP contribution in [0.1, 0.15) is 12.6 Å². The fourth-order valence-electron chi connectivity index (χ4n) is 1.47. The molecular weight excluding hydrogens is 268 g/mol. The molecule has 84 valence electrons. The van der Waals surface area contributed by atoms with Crippen molar-refractivity contribution < 1.29 is 4.74 Å². The summed E-state index contributed by atoms with van der Waals surface area (Å²) >= 11 is 3.41. The number of halogens is 1. The molecule has 16 heavy (non-hydrogen) atoms. The minimum atomic E-state index is 0.546. The van der Waals surface area contributed by atoms with Gasteiger partial charge in [-0.3, -0.25) is 0 Å². The Hall–Kier alpha value is -1.29. The Morgan fingerprint density at radius 3 is 3.06 bits per heavy atom. The normalized spacial score (nSPS) is 10.4. The van der Waals surface area contributed by atoms with Crippen LogP contribution in [0.5, 0.6) is 5.75 Å². The lowest BCUT2D eigenvalue weighted by atomic mass is 10.3. The lowest BCUT2D eigenvalue weighted by Crippen LogP contribution is -2.03. The molecule has 0 unspecified atom stereocenters. The van der Waals surface area contributed by atoms with E-state index in [4.69, 9.17) is 4.74 Å². The van der Waals surface area contributed by atoms with Crippen molar-refractivity contribution in [2.75, 3.05) is 0 Å². The topological polar surface area (TPSA) is 27.1 Å². The van der Waals surface area contributed by atoms with Crippen LogP contribution in [0, 0.1) is 0 Å². The van der Waals surface area contributed by atoms with Crippen molar-refractivity contribution in [1.29, 1.82) is 0 Å². The molecule has 3 nitrogen and oxygen atoms in total. The predicted octanol–water partition coefficient (Wildman–Crippen LogP) is 3.24. The van der Waals surface area contributed by atoms with Crippen molar-refractivity contribution in [3.63, 3.8) is 0 Å². The zero-order chi connectivity index (χ0) is 11.4. The molecule has 0 spiro atoms. The van der Waals surface area contributed by atoms with E-state index < -0.39 is 0 Å². The van der Waals surface area contributed by atoms with Crippen LogP contribution in [-0.2, 0) is 13.2 Å². The Balaban J connectivity index is 2.02. The van der Waals surface area contributed by atoms with Crippen LogP contribution < -0.4 is 4.74 Å². The summed E-state index contributed by atoms with van der Waals surface area (Å²) in [6.07, 6.45) is 3.65. The van der Waals surface area contributed by atoms with Gasteiger partial charge in [-0.1, -0.05) is 22.0 Å². The van der Waals surface area contributed by atoms with Gasteiger partial charge < -0.3 is 9.30 Å². The third-order valence-corrected chi connectivity index (χ3v) is 2.82.